The zero-order valence-electron chi connectivity index (χ0n) is 7.82. The molecular formula is C8H8F6IN. The molecule has 0 aromatic heterocycles. The summed E-state index contributed by atoms with van der Waals surface area (Å²) in [4.78, 5) is -1.30. The second kappa shape index (κ2) is 4.71. The normalized spacial score (nSPS) is 27.5. The molecule has 0 N–H and O–H groups in total. The van der Waals surface area contributed by atoms with E-state index >= 15 is 0 Å². The van der Waals surface area contributed by atoms with Gasteiger partial charge in [-0.05, 0) is 12.8 Å². The van der Waals surface area contributed by atoms with E-state index in [9.17, 15) is 26.3 Å². The second-order valence-corrected chi connectivity index (χ2v) is 4.93. The molecule has 0 bridgehead atoms. The maximum absolute atomic E-state index is 12.4. The van der Waals surface area contributed by atoms with Crippen LogP contribution in [0.2, 0.25) is 0 Å². The lowest BCUT2D eigenvalue weighted by molar-refractivity contribution is -0.384. The van der Waals surface area contributed by atoms with Crippen LogP contribution in [0.15, 0.2) is 12.2 Å². The fourth-order valence-corrected chi connectivity index (χ4v) is 2.46. The van der Waals surface area contributed by atoms with Crippen LogP contribution in [0.25, 0.3) is 0 Å². The highest BCUT2D eigenvalue weighted by Gasteiger charge is 2.58. The van der Waals surface area contributed by atoms with Gasteiger partial charge in [0.2, 0.25) is 0 Å². The maximum atomic E-state index is 12.4. The number of nitrogens with zero attached hydrogens (tertiary/aromatic N) is 1. The summed E-state index contributed by atoms with van der Waals surface area (Å²) >= 11 is 1.62. The summed E-state index contributed by atoms with van der Waals surface area (Å²) in [6, 6.07) is -1.58. The van der Waals surface area contributed by atoms with E-state index in [1.54, 1.807) is 28.7 Å². The van der Waals surface area contributed by atoms with Crippen LogP contribution in [0.5, 0.6) is 0 Å². The first-order valence-electron chi connectivity index (χ1n) is 4.36. The van der Waals surface area contributed by atoms with Crippen molar-refractivity contribution in [2.45, 2.75) is 35.4 Å². The Balaban J connectivity index is 2.98. The molecule has 94 valence electrons. The number of halogens is 7. The van der Waals surface area contributed by atoms with E-state index in [1.807, 2.05) is 0 Å². The van der Waals surface area contributed by atoms with Gasteiger partial charge in [-0.2, -0.15) is 26.3 Å². The molecule has 1 nitrogen and oxygen atoms in total. The quantitative estimate of drug-likeness (QED) is 0.226. The van der Waals surface area contributed by atoms with Crippen molar-refractivity contribution in [1.82, 2.24) is 4.90 Å². The minimum Gasteiger partial charge on any atom is -0.155 e. The van der Waals surface area contributed by atoms with Gasteiger partial charge >= 0.3 is 12.6 Å². The van der Waals surface area contributed by atoms with Gasteiger partial charge in [0.05, 0.1) is 0 Å². The van der Waals surface area contributed by atoms with Crippen LogP contribution in [0, 0.1) is 0 Å². The first-order valence-corrected chi connectivity index (χ1v) is 5.60. The Morgan fingerprint density at radius 2 is 1.38 bits per heavy atom. The van der Waals surface area contributed by atoms with Gasteiger partial charge in [0.1, 0.15) is 0 Å². The molecule has 2 atom stereocenters. The fourth-order valence-electron chi connectivity index (χ4n) is 1.55. The van der Waals surface area contributed by atoms with Gasteiger partial charge in [-0.3, -0.25) is 0 Å². The average Bonchev–Trinajstić information content (AvgIpc) is 2.03. The molecule has 0 saturated heterocycles. The molecule has 0 fully saturated rings. The Morgan fingerprint density at radius 3 is 1.75 bits per heavy atom. The minimum atomic E-state index is -5.39. The highest BCUT2D eigenvalue weighted by atomic mass is 127. The summed E-state index contributed by atoms with van der Waals surface area (Å²) in [7, 11) is 0. The Morgan fingerprint density at radius 1 is 0.938 bits per heavy atom. The molecule has 0 unspecified atom stereocenters. The molecule has 0 aromatic rings. The van der Waals surface area contributed by atoms with Crippen LogP contribution in [-0.4, -0.2) is 27.5 Å². The molecule has 0 radical (unpaired) electrons. The van der Waals surface area contributed by atoms with Gasteiger partial charge in [0.15, 0.2) is 0 Å². The van der Waals surface area contributed by atoms with Gasteiger partial charge in [0, 0.05) is 9.97 Å². The van der Waals surface area contributed by atoms with Crippen LogP contribution in [-0.2, 0) is 0 Å². The van der Waals surface area contributed by atoms with Crippen molar-refractivity contribution in [1.29, 1.82) is 0 Å². The predicted octanol–water partition coefficient (Wildman–Crippen LogP) is 3.85. The third kappa shape index (κ3) is 3.25. The van der Waals surface area contributed by atoms with E-state index in [-0.39, 0.29) is 12.8 Å². The summed E-state index contributed by atoms with van der Waals surface area (Å²) in [5, 5.41) is 0. The van der Waals surface area contributed by atoms with Gasteiger partial charge in [-0.25, -0.2) is 0 Å². The van der Waals surface area contributed by atoms with Crippen LogP contribution in [0.3, 0.4) is 0 Å². The summed E-state index contributed by atoms with van der Waals surface area (Å²) < 4.78 is 73.4. The number of hydrogen-bond acceptors (Lipinski definition) is 1. The maximum Gasteiger partial charge on any atom is 0.467 e. The highest BCUT2D eigenvalue weighted by molar-refractivity contribution is 14.1. The van der Waals surface area contributed by atoms with Crippen molar-refractivity contribution < 1.29 is 26.3 Å². The van der Waals surface area contributed by atoms with Crippen molar-refractivity contribution in [2.24, 2.45) is 0 Å². The molecule has 1 rings (SSSR count). The van der Waals surface area contributed by atoms with Gasteiger partial charge in [-0.15, -0.1) is 4.90 Å². The van der Waals surface area contributed by atoms with E-state index < -0.39 is 27.5 Å². The van der Waals surface area contributed by atoms with Crippen LogP contribution >= 0.6 is 22.6 Å². The fraction of sp³-hybridized carbons (Fsp3) is 0.750. The minimum absolute atomic E-state index is 0.216. The van der Waals surface area contributed by atoms with Gasteiger partial charge in [0.25, 0.3) is 0 Å². The molecule has 16 heavy (non-hydrogen) atoms. The second-order valence-electron chi connectivity index (χ2n) is 3.33. The average molecular weight is 359 g/mol. The molecule has 0 saturated carbocycles. The lowest BCUT2D eigenvalue weighted by Gasteiger charge is -2.37. The van der Waals surface area contributed by atoms with Crippen molar-refractivity contribution in [3.63, 3.8) is 0 Å². The van der Waals surface area contributed by atoms with Crippen LogP contribution in [0.1, 0.15) is 12.8 Å². The summed E-state index contributed by atoms with van der Waals surface area (Å²) in [6.45, 7) is 0. The number of hydrogen-bond donors (Lipinski definition) is 0. The lowest BCUT2D eigenvalue weighted by atomic mass is 10.0. The van der Waals surface area contributed by atoms with E-state index in [4.69, 9.17) is 0 Å². The summed E-state index contributed by atoms with van der Waals surface area (Å²) in [5.74, 6) is 0. The van der Waals surface area contributed by atoms with Crippen molar-refractivity contribution >= 4 is 22.6 Å². The van der Waals surface area contributed by atoms with Crippen LogP contribution in [0.4, 0.5) is 26.3 Å². The molecule has 1 aliphatic rings. The summed E-state index contributed by atoms with van der Waals surface area (Å²) in [6.07, 6.45) is -7.86. The molecule has 1 aliphatic carbocycles. The van der Waals surface area contributed by atoms with E-state index in [2.05, 4.69) is 0 Å². The SMILES string of the molecule is FC(F)(F)N([C@@H]1CC=CC[C@H]1I)C(F)(F)F. The number of allylic oxidation sites excluding steroid dienone is 1. The zero-order chi connectivity index (χ0) is 12.6. The highest BCUT2D eigenvalue weighted by Crippen LogP contribution is 2.40. The number of alkyl halides is 7. The Kier molecular flexibility index (Phi) is 4.14. The van der Waals surface area contributed by atoms with E-state index in [0.29, 0.717) is 0 Å². The standard InChI is InChI=1S/C8H8F6IN/c9-7(10,11)16(8(12,13)14)6-4-2-1-3-5(6)15/h1-2,5-6H,3-4H2/t5-,6-/m1/s1. The van der Waals surface area contributed by atoms with Gasteiger partial charge < -0.3 is 0 Å². The summed E-state index contributed by atoms with van der Waals surface area (Å²) in [5.41, 5.74) is 0. The lowest BCUT2D eigenvalue weighted by Crippen LogP contribution is -2.56. The smallest absolute Gasteiger partial charge is 0.155 e. The Bertz CT molecular complexity index is 257. The number of rotatable bonds is 1. The first kappa shape index (κ1) is 14.1. The topological polar surface area (TPSA) is 3.24 Å². The molecule has 0 spiro atoms. The van der Waals surface area contributed by atoms with E-state index in [1.165, 1.54) is 6.08 Å². The Hall–Kier alpha value is 0.01000. The molecule has 0 aliphatic heterocycles. The molecule has 0 amide bonds. The molecule has 0 heterocycles. The van der Waals surface area contributed by atoms with Crippen LogP contribution < -0.4 is 0 Å². The van der Waals surface area contributed by atoms with Crippen molar-refractivity contribution in [2.75, 3.05) is 0 Å². The predicted molar refractivity (Wildman–Crippen MR) is 53.9 cm³/mol. The van der Waals surface area contributed by atoms with Crippen molar-refractivity contribution in [3.05, 3.63) is 12.2 Å². The van der Waals surface area contributed by atoms with E-state index in [0.717, 1.165) is 0 Å². The van der Waals surface area contributed by atoms with Crippen molar-refractivity contribution in [3.8, 4) is 0 Å². The zero-order valence-corrected chi connectivity index (χ0v) is 9.97. The van der Waals surface area contributed by atoms with Gasteiger partial charge in [-0.1, -0.05) is 34.7 Å². The Labute approximate surface area is 102 Å². The monoisotopic (exact) mass is 359 g/mol. The third-order valence-electron chi connectivity index (χ3n) is 2.20. The molecule has 8 heteroatoms. The third-order valence-corrected chi connectivity index (χ3v) is 3.54. The first-order chi connectivity index (χ1) is 7.14. The molecular weight excluding hydrogens is 351 g/mol. The molecule has 0 aromatic carbocycles. The largest absolute Gasteiger partial charge is 0.467 e.